The summed E-state index contributed by atoms with van der Waals surface area (Å²) in [6.07, 6.45) is 1.98. The maximum atomic E-state index is 13.6. The van der Waals surface area contributed by atoms with Gasteiger partial charge in [0.25, 0.3) is 5.56 Å². The van der Waals surface area contributed by atoms with E-state index in [0.29, 0.717) is 13.1 Å². The number of piperazine rings is 1. The van der Waals surface area contributed by atoms with Crippen molar-refractivity contribution in [3.63, 3.8) is 0 Å². The Kier molecular flexibility index (Phi) is 7.57. The third-order valence-corrected chi connectivity index (χ3v) is 6.97. The van der Waals surface area contributed by atoms with Crippen LogP contribution in [-0.2, 0) is 13.1 Å². The van der Waals surface area contributed by atoms with Gasteiger partial charge in [-0.1, -0.05) is 54.6 Å². The minimum absolute atomic E-state index is 0.0580. The highest BCUT2D eigenvalue weighted by Crippen LogP contribution is 2.28. The molecule has 4 aromatic rings. The number of ether oxygens (including phenoxy) is 2. The molecule has 0 radical (unpaired) electrons. The van der Waals surface area contributed by atoms with Crippen molar-refractivity contribution in [1.82, 2.24) is 9.47 Å². The van der Waals surface area contributed by atoms with Crippen molar-refractivity contribution in [3.05, 3.63) is 113 Å². The van der Waals surface area contributed by atoms with E-state index in [9.17, 15) is 4.79 Å². The average molecular weight is 496 g/mol. The minimum Gasteiger partial charge on any atom is -0.497 e. The zero-order valence-corrected chi connectivity index (χ0v) is 21.5. The molecule has 0 unspecified atom stereocenters. The van der Waals surface area contributed by atoms with E-state index in [-0.39, 0.29) is 5.56 Å². The Morgan fingerprint density at radius 2 is 1.43 bits per heavy atom. The highest BCUT2D eigenvalue weighted by molar-refractivity contribution is 5.63. The van der Waals surface area contributed by atoms with Crippen LogP contribution >= 0.6 is 0 Å². The van der Waals surface area contributed by atoms with E-state index >= 15 is 0 Å². The van der Waals surface area contributed by atoms with Gasteiger partial charge in [-0.3, -0.25) is 9.69 Å². The molecule has 1 aromatic heterocycles. The van der Waals surface area contributed by atoms with E-state index in [0.717, 1.165) is 65.6 Å². The van der Waals surface area contributed by atoms with Crippen LogP contribution in [0.2, 0.25) is 0 Å². The normalized spacial score (nSPS) is 13.9. The predicted octanol–water partition coefficient (Wildman–Crippen LogP) is 4.90. The highest BCUT2D eigenvalue weighted by atomic mass is 16.5. The van der Waals surface area contributed by atoms with Crippen LogP contribution in [0.4, 0.5) is 5.69 Å². The number of rotatable bonds is 8. The van der Waals surface area contributed by atoms with Crippen LogP contribution in [0.3, 0.4) is 0 Å². The number of hydrogen-bond acceptors (Lipinski definition) is 5. The topological polar surface area (TPSA) is 46.9 Å². The number of pyridine rings is 1. The van der Waals surface area contributed by atoms with Crippen molar-refractivity contribution >= 4 is 5.69 Å². The first-order valence-corrected chi connectivity index (χ1v) is 12.7. The molecule has 1 saturated heterocycles. The van der Waals surface area contributed by atoms with E-state index in [1.54, 1.807) is 14.2 Å². The summed E-state index contributed by atoms with van der Waals surface area (Å²) >= 11 is 0. The summed E-state index contributed by atoms with van der Waals surface area (Å²) in [6, 6.07) is 28.4. The van der Waals surface area contributed by atoms with E-state index in [2.05, 4.69) is 34.1 Å². The summed E-state index contributed by atoms with van der Waals surface area (Å²) in [5, 5.41) is 0. The molecule has 190 valence electrons. The standard InChI is InChI=1S/C31H33N3O3/c1-36-28-14-12-24(13-15-28)21-34-23-26(25-8-4-3-5-9-25)20-27(31(34)35)22-32-16-18-33(19-17-32)29-10-6-7-11-30(29)37-2/h3-15,20,23H,16-19,21-22H2,1-2H3. The van der Waals surface area contributed by atoms with Crippen molar-refractivity contribution in [3.8, 4) is 22.6 Å². The second kappa shape index (κ2) is 11.4. The minimum atomic E-state index is 0.0580. The van der Waals surface area contributed by atoms with Crippen molar-refractivity contribution < 1.29 is 9.47 Å². The summed E-state index contributed by atoms with van der Waals surface area (Å²) in [6.45, 7) is 4.68. The molecule has 0 bridgehead atoms. The molecular formula is C31H33N3O3. The number of hydrogen-bond donors (Lipinski definition) is 0. The molecule has 0 saturated carbocycles. The smallest absolute Gasteiger partial charge is 0.255 e. The van der Waals surface area contributed by atoms with Crippen LogP contribution in [0.25, 0.3) is 11.1 Å². The third-order valence-electron chi connectivity index (χ3n) is 6.97. The number of benzene rings is 3. The van der Waals surface area contributed by atoms with Crippen LogP contribution in [-0.4, -0.2) is 49.9 Å². The SMILES string of the molecule is COc1ccc(Cn2cc(-c3ccccc3)cc(CN3CCN(c4ccccc4OC)CC3)c2=O)cc1. The first kappa shape index (κ1) is 24.7. The Morgan fingerprint density at radius 3 is 2.14 bits per heavy atom. The first-order chi connectivity index (χ1) is 18.1. The van der Waals surface area contributed by atoms with Crippen LogP contribution in [0, 0.1) is 0 Å². The summed E-state index contributed by atoms with van der Waals surface area (Å²) in [7, 11) is 3.37. The quantitative estimate of drug-likeness (QED) is 0.348. The number of para-hydroxylation sites is 2. The first-order valence-electron chi connectivity index (χ1n) is 12.7. The molecule has 0 N–H and O–H groups in total. The Hall–Kier alpha value is -4.03. The molecule has 1 fully saturated rings. The molecule has 3 aromatic carbocycles. The molecule has 6 nitrogen and oxygen atoms in total. The lowest BCUT2D eigenvalue weighted by Gasteiger charge is -2.36. The van der Waals surface area contributed by atoms with Gasteiger partial charge in [0.05, 0.1) is 26.5 Å². The Bertz CT molecular complexity index is 1380. The van der Waals surface area contributed by atoms with Crippen molar-refractivity contribution in [2.24, 2.45) is 0 Å². The van der Waals surface area contributed by atoms with Crippen molar-refractivity contribution in [1.29, 1.82) is 0 Å². The van der Waals surface area contributed by atoms with E-state index in [1.807, 2.05) is 71.4 Å². The Morgan fingerprint density at radius 1 is 0.730 bits per heavy atom. The molecule has 0 atom stereocenters. The summed E-state index contributed by atoms with van der Waals surface area (Å²) in [5.41, 5.74) is 5.22. The second-order valence-electron chi connectivity index (χ2n) is 9.34. The molecule has 1 aliphatic heterocycles. The van der Waals surface area contributed by atoms with E-state index in [4.69, 9.17) is 9.47 Å². The lowest BCUT2D eigenvalue weighted by molar-refractivity contribution is 0.248. The van der Waals surface area contributed by atoms with Gasteiger partial charge in [0.2, 0.25) is 0 Å². The highest BCUT2D eigenvalue weighted by Gasteiger charge is 2.21. The van der Waals surface area contributed by atoms with E-state index < -0.39 is 0 Å². The van der Waals surface area contributed by atoms with Gasteiger partial charge >= 0.3 is 0 Å². The summed E-state index contributed by atoms with van der Waals surface area (Å²) in [5.74, 6) is 1.70. The van der Waals surface area contributed by atoms with Crippen LogP contribution in [0.15, 0.2) is 95.9 Å². The molecule has 0 spiro atoms. The molecule has 6 heteroatoms. The molecule has 0 amide bonds. The zero-order chi connectivity index (χ0) is 25.6. The molecule has 0 aliphatic carbocycles. The fourth-order valence-corrected chi connectivity index (χ4v) is 4.92. The zero-order valence-electron chi connectivity index (χ0n) is 21.5. The largest absolute Gasteiger partial charge is 0.497 e. The van der Waals surface area contributed by atoms with E-state index in [1.165, 1.54) is 0 Å². The fraction of sp³-hybridized carbons (Fsp3) is 0.258. The maximum Gasteiger partial charge on any atom is 0.255 e. The number of anilines is 1. The fourth-order valence-electron chi connectivity index (χ4n) is 4.92. The van der Waals surface area contributed by atoms with Gasteiger partial charge in [-0.15, -0.1) is 0 Å². The number of aromatic nitrogens is 1. The van der Waals surface area contributed by atoms with Crippen molar-refractivity contribution in [2.75, 3.05) is 45.3 Å². The van der Waals surface area contributed by atoms with Gasteiger partial charge < -0.3 is 18.9 Å². The van der Waals surface area contributed by atoms with Crippen molar-refractivity contribution in [2.45, 2.75) is 13.1 Å². The Balaban J connectivity index is 1.38. The molecule has 5 rings (SSSR count). The lowest BCUT2D eigenvalue weighted by Crippen LogP contribution is -2.46. The van der Waals surface area contributed by atoms with Crippen LogP contribution in [0.1, 0.15) is 11.1 Å². The van der Waals surface area contributed by atoms with Crippen LogP contribution in [0.5, 0.6) is 11.5 Å². The predicted molar refractivity (Wildman–Crippen MR) is 149 cm³/mol. The third kappa shape index (κ3) is 5.70. The van der Waals surface area contributed by atoms with Crippen LogP contribution < -0.4 is 19.9 Å². The van der Waals surface area contributed by atoms with Gasteiger partial charge in [-0.2, -0.15) is 0 Å². The second-order valence-corrected chi connectivity index (χ2v) is 9.34. The molecule has 37 heavy (non-hydrogen) atoms. The van der Waals surface area contributed by atoms with Gasteiger partial charge in [0.1, 0.15) is 11.5 Å². The Labute approximate surface area is 218 Å². The monoisotopic (exact) mass is 495 g/mol. The summed E-state index contributed by atoms with van der Waals surface area (Å²) in [4.78, 5) is 18.3. The number of nitrogens with zero attached hydrogens (tertiary/aromatic N) is 3. The van der Waals surface area contributed by atoms with Gasteiger partial charge in [-0.05, 0) is 47.0 Å². The maximum absolute atomic E-state index is 13.6. The van der Waals surface area contributed by atoms with Gasteiger partial charge in [-0.25, -0.2) is 0 Å². The summed E-state index contributed by atoms with van der Waals surface area (Å²) < 4.78 is 12.7. The molecule has 1 aliphatic rings. The molecule has 2 heterocycles. The van der Waals surface area contributed by atoms with Gasteiger partial charge in [0.15, 0.2) is 0 Å². The lowest BCUT2D eigenvalue weighted by atomic mass is 10.0. The average Bonchev–Trinajstić information content (AvgIpc) is 2.96. The number of methoxy groups -OCH3 is 2. The molecular weight excluding hydrogens is 462 g/mol. The van der Waals surface area contributed by atoms with Gasteiger partial charge in [0, 0.05) is 44.5 Å².